The highest BCUT2D eigenvalue weighted by Gasteiger charge is 2.15. The van der Waals surface area contributed by atoms with Crippen LogP contribution in [0, 0.1) is 5.92 Å². The first-order valence-corrected chi connectivity index (χ1v) is 7.47. The van der Waals surface area contributed by atoms with Gasteiger partial charge in [0, 0.05) is 5.92 Å². The molecule has 0 aliphatic heterocycles. The summed E-state index contributed by atoms with van der Waals surface area (Å²) < 4.78 is 0. The molecule has 2 nitrogen and oxygen atoms in total. The molecule has 0 spiro atoms. The lowest BCUT2D eigenvalue weighted by Crippen LogP contribution is -2.07. The van der Waals surface area contributed by atoms with Crippen LogP contribution in [0.15, 0.2) is 85.5 Å². The molecule has 22 heavy (non-hydrogen) atoms. The van der Waals surface area contributed by atoms with E-state index in [1.54, 1.807) is 6.08 Å². The zero-order chi connectivity index (χ0) is 15.8. The van der Waals surface area contributed by atoms with Crippen molar-refractivity contribution in [1.29, 1.82) is 0 Å². The molecule has 0 heterocycles. The zero-order valence-corrected chi connectivity index (χ0v) is 12.5. The van der Waals surface area contributed by atoms with Gasteiger partial charge in [-0.25, -0.2) is 0 Å². The summed E-state index contributed by atoms with van der Waals surface area (Å²) in [4.78, 5) is 0. The zero-order valence-electron chi connectivity index (χ0n) is 12.5. The van der Waals surface area contributed by atoms with Crippen molar-refractivity contribution in [2.24, 2.45) is 5.92 Å². The van der Waals surface area contributed by atoms with Crippen molar-refractivity contribution in [3.05, 3.63) is 96.6 Å². The van der Waals surface area contributed by atoms with Crippen molar-refractivity contribution in [2.45, 2.75) is 18.6 Å². The highest BCUT2D eigenvalue weighted by atomic mass is 16.3. The van der Waals surface area contributed by atoms with E-state index in [4.69, 9.17) is 0 Å². The van der Waals surface area contributed by atoms with Crippen LogP contribution in [0.25, 0.3) is 0 Å². The lowest BCUT2D eigenvalue weighted by Gasteiger charge is -2.17. The molecule has 3 unspecified atom stereocenters. The fourth-order valence-electron chi connectivity index (χ4n) is 2.36. The van der Waals surface area contributed by atoms with Gasteiger partial charge < -0.3 is 10.2 Å². The Morgan fingerprint density at radius 3 is 1.95 bits per heavy atom. The Balaban J connectivity index is 1.97. The molecule has 2 aromatic carbocycles. The summed E-state index contributed by atoms with van der Waals surface area (Å²) in [6.07, 6.45) is 4.88. The Hall–Kier alpha value is -2.16. The van der Waals surface area contributed by atoms with Crippen molar-refractivity contribution in [1.82, 2.24) is 0 Å². The molecule has 2 aromatic rings. The molecule has 0 amide bonds. The molecule has 114 valence electrons. The summed E-state index contributed by atoms with van der Waals surface area (Å²) in [6.45, 7) is 3.79. The van der Waals surface area contributed by atoms with Crippen LogP contribution in [0.2, 0.25) is 0 Å². The van der Waals surface area contributed by atoms with Gasteiger partial charge in [0.05, 0.1) is 12.2 Å². The fraction of sp³-hybridized carbons (Fsp3) is 0.200. The number of hydrogen-bond acceptors (Lipinski definition) is 2. The summed E-state index contributed by atoms with van der Waals surface area (Å²) >= 11 is 0. The summed E-state index contributed by atoms with van der Waals surface area (Å²) in [5.41, 5.74) is 1.76. The van der Waals surface area contributed by atoms with Gasteiger partial charge in [0.1, 0.15) is 0 Å². The normalized spacial score (nSPS) is 15.4. The minimum Gasteiger partial charge on any atom is -0.388 e. The van der Waals surface area contributed by atoms with Gasteiger partial charge in [-0.2, -0.15) is 0 Å². The van der Waals surface area contributed by atoms with E-state index in [0.29, 0.717) is 6.42 Å². The van der Waals surface area contributed by atoms with Gasteiger partial charge in [-0.05, 0) is 17.5 Å². The van der Waals surface area contributed by atoms with Crippen molar-refractivity contribution >= 4 is 0 Å². The van der Waals surface area contributed by atoms with Gasteiger partial charge >= 0.3 is 0 Å². The third-order valence-corrected chi connectivity index (χ3v) is 3.68. The standard InChI is InChI=1S/C20H22O2/c1-2-16(20(22)18-12-7-4-8-13-18)14-9-15-19(21)17-10-5-3-6-11-17/h2-14,16,19-22H,1,15H2/b14-9+. The quantitative estimate of drug-likeness (QED) is 0.751. The topological polar surface area (TPSA) is 40.5 Å². The van der Waals surface area contributed by atoms with Gasteiger partial charge in [0.25, 0.3) is 0 Å². The maximum absolute atomic E-state index is 10.4. The molecular formula is C20H22O2. The number of aliphatic hydroxyl groups is 2. The monoisotopic (exact) mass is 294 g/mol. The second-order valence-electron chi connectivity index (χ2n) is 5.26. The predicted octanol–water partition coefficient (Wildman–Crippen LogP) is 4.20. The molecule has 0 saturated heterocycles. The molecule has 0 aromatic heterocycles. The third-order valence-electron chi connectivity index (χ3n) is 3.68. The second-order valence-corrected chi connectivity index (χ2v) is 5.26. The summed E-state index contributed by atoms with van der Waals surface area (Å²) in [5.74, 6) is -0.176. The Morgan fingerprint density at radius 2 is 1.41 bits per heavy atom. The molecule has 0 saturated carbocycles. The molecule has 0 bridgehead atoms. The van der Waals surface area contributed by atoms with E-state index in [1.807, 2.05) is 72.8 Å². The van der Waals surface area contributed by atoms with E-state index in [1.165, 1.54) is 0 Å². The fourth-order valence-corrected chi connectivity index (χ4v) is 2.36. The minimum absolute atomic E-state index is 0.176. The average Bonchev–Trinajstić information content (AvgIpc) is 2.59. The number of rotatable bonds is 7. The maximum Gasteiger partial charge on any atom is 0.0887 e. The maximum atomic E-state index is 10.4. The van der Waals surface area contributed by atoms with Crippen molar-refractivity contribution in [3.8, 4) is 0 Å². The van der Waals surface area contributed by atoms with Crippen molar-refractivity contribution in [3.63, 3.8) is 0 Å². The first-order valence-electron chi connectivity index (χ1n) is 7.47. The van der Waals surface area contributed by atoms with Gasteiger partial charge in [-0.3, -0.25) is 0 Å². The Bertz CT molecular complexity index is 590. The predicted molar refractivity (Wildman–Crippen MR) is 90.2 cm³/mol. The third kappa shape index (κ3) is 4.42. The summed E-state index contributed by atoms with van der Waals surface area (Å²) in [6, 6.07) is 19.1. The van der Waals surface area contributed by atoms with Crippen LogP contribution in [-0.4, -0.2) is 10.2 Å². The van der Waals surface area contributed by atoms with Crippen molar-refractivity contribution in [2.75, 3.05) is 0 Å². The first-order chi connectivity index (χ1) is 10.7. The summed E-state index contributed by atoms with van der Waals surface area (Å²) in [7, 11) is 0. The van der Waals surface area contributed by atoms with E-state index >= 15 is 0 Å². The molecule has 2 rings (SSSR count). The Morgan fingerprint density at radius 1 is 0.864 bits per heavy atom. The van der Waals surface area contributed by atoms with Gasteiger partial charge in [-0.1, -0.05) is 78.9 Å². The van der Waals surface area contributed by atoms with Crippen molar-refractivity contribution < 1.29 is 10.2 Å². The van der Waals surface area contributed by atoms with E-state index in [9.17, 15) is 10.2 Å². The van der Waals surface area contributed by atoms with Crippen LogP contribution < -0.4 is 0 Å². The van der Waals surface area contributed by atoms with Crippen LogP contribution in [0.1, 0.15) is 29.8 Å². The molecule has 0 radical (unpaired) electrons. The van der Waals surface area contributed by atoms with Gasteiger partial charge in [-0.15, -0.1) is 6.58 Å². The first kappa shape index (κ1) is 16.2. The highest BCUT2D eigenvalue weighted by Crippen LogP contribution is 2.25. The number of hydrogen-bond donors (Lipinski definition) is 2. The SMILES string of the molecule is C=CC(/C=C/CC(O)c1ccccc1)C(O)c1ccccc1. The van der Waals surface area contributed by atoms with Crippen LogP contribution in [0.5, 0.6) is 0 Å². The average molecular weight is 294 g/mol. The lowest BCUT2D eigenvalue weighted by molar-refractivity contribution is 0.150. The Kier molecular flexibility index (Phi) is 6.13. The van der Waals surface area contributed by atoms with Crippen LogP contribution in [0.4, 0.5) is 0 Å². The largest absolute Gasteiger partial charge is 0.388 e. The van der Waals surface area contributed by atoms with E-state index < -0.39 is 12.2 Å². The lowest BCUT2D eigenvalue weighted by atomic mass is 9.94. The molecule has 0 fully saturated rings. The highest BCUT2D eigenvalue weighted by molar-refractivity contribution is 5.22. The van der Waals surface area contributed by atoms with Crippen LogP contribution in [0.3, 0.4) is 0 Å². The molecule has 2 N–H and O–H groups in total. The second kappa shape index (κ2) is 8.32. The molecule has 0 aliphatic rings. The Labute approximate surface area is 132 Å². The number of aliphatic hydroxyl groups excluding tert-OH is 2. The minimum atomic E-state index is -0.621. The molecule has 3 atom stereocenters. The molecule has 0 aliphatic carbocycles. The van der Waals surface area contributed by atoms with Gasteiger partial charge in [0.15, 0.2) is 0 Å². The smallest absolute Gasteiger partial charge is 0.0887 e. The van der Waals surface area contributed by atoms with Gasteiger partial charge in [0.2, 0.25) is 0 Å². The van der Waals surface area contributed by atoms with E-state index in [2.05, 4.69) is 6.58 Å². The van der Waals surface area contributed by atoms with E-state index in [0.717, 1.165) is 11.1 Å². The molecule has 2 heteroatoms. The molecular weight excluding hydrogens is 272 g/mol. The summed E-state index contributed by atoms with van der Waals surface area (Å²) in [5, 5.41) is 20.5. The van der Waals surface area contributed by atoms with Crippen LogP contribution >= 0.6 is 0 Å². The van der Waals surface area contributed by atoms with E-state index in [-0.39, 0.29) is 5.92 Å². The van der Waals surface area contributed by atoms with Crippen LogP contribution in [-0.2, 0) is 0 Å². The number of benzene rings is 2.